The first kappa shape index (κ1) is 10.3. The second kappa shape index (κ2) is 4.11. The second-order valence-electron chi connectivity index (χ2n) is 4.24. The third kappa shape index (κ3) is 2.07. The molecule has 1 aromatic carbocycles. The van der Waals surface area contributed by atoms with E-state index in [1.54, 1.807) is 0 Å². The van der Waals surface area contributed by atoms with E-state index in [1.807, 2.05) is 0 Å². The van der Waals surface area contributed by atoms with Gasteiger partial charge in [-0.25, -0.2) is 0 Å². The molecule has 1 aliphatic rings. The van der Waals surface area contributed by atoms with Crippen molar-refractivity contribution >= 4 is 11.4 Å². The maximum absolute atomic E-state index is 5.83. The molecule has 0 amide bonds. The van der Waals surface area contributed by atoms with Crippen LogP contribution in [0.25, 0.3) is 0 Å². The van der Waals surface area contributed by atoms with Crippen LogP contribution in [0.3, 0.4) is 0 Å². The maximum Gasteiger partial charge on any atom is 0.0428 e. The first-order valence-electron chi connectivity index (χ1n) is 5.51. The zero-order valence-electron chi connectivity index (χ0n) is 9.51. The predicted octanol–water partition coefficient (Wildman–Crippen LogP) is 1.30. The highest BCUT2D eigenvalue weighted by Gasteiger charge is 2.14. The third-order valence-electron chi connectivity index (χ3n) is 2.95. The Bertz CT molecular complexity index is 331. The molecule has 0 unspecified atom stereocenters. The Kier molecular flexibility index (Phi) is 2.82. The van der Waals surface area contributed by atoms with E-state index in [4.69, 9.17) is 5.73 Å². The molecule has 1 aromatic rings. The number of aryl methyl sites for hydroxylation is 2. The smallest absolute Gasteiger partial charge is 0.0428 e. The van der Waals surface area contributed by atoms with Crippen LogP contribution in [0.1, 0.15) is 11.1 Å². The van der Waals surface area contributed by atoms with Crippen LogP contribution in [0, 0.1) is 13.8 Å². The summed E-state index contributed by atoms with van der Waals surface area (Å²) in [5.41, 5.74) is 10.6. The Morgan fingerprint density at radius 3 is 2.20 bits per heavy atom. The highest BCUT2D eigenvalue weighted by Crippen LogP contribution is 2.27. The van der Waals surface area contributed by atoms with Crippen LogP contribution >= 0.6 is 0 Å². The van der Waals surface area contributed by atoms with Crippen molar-refractivity contribution in [3.63, 3.8) is 0 Å². The second-order valence-corrected chi connectivity index (χ2v) is 4.24. The van der Waals surface area contributed by atoms with Gasteiger partial charge in [0.1, 0.15) is 0 Å². The number of hydrogen-bond acceptors (Lipinski definition) is 3. The Hall–Kier alpha value is -1.22. The lowest BCUT2D eigenvalue weighted by Crippen LogP contribution is -2.44. The number of rotatable bonds is 1. The van der Waals surface area contributed by atoms with E-state index < -0.39 is 0 Å². The van der Waals surface area contributed by atoms with Crippen molar-refractivity contribution in [1.82, 2.24) is 5.32 Å². The summed E-state index contributed by atoms with van der Waals surface area (Å²) in [6, 6.07) is 4.12. The fraction of sp³-hybridized carbons (Fsp3) is 0.500. The number of anilines is 2. The Morgan fingerprint density at radius 2 is 1.67 bits per heavy atom. The van der Waals surface area contributed by atoms with Gasteiger partial charge in [0, 0.05) is 37.6 Å². The van der Waals surface area contributed by atoms with Crippen LogP contribution in [0.4, 0.5) is 11.4 Å². The number of nitrogens with zero attached hydrogens (tertiary/aromatic N) is 1. The van der Waals surface area contributed by atoms with Gasteiger partial charge in [-0.05, 0) is 37.1 Å². The molecule has 1 aliphatic heterocycles. The van der Waals surface area contributed by atoms with Gasteiger partial charge in [-0.3, -0.25) is 0 Å². The summed E-state index contributed by atoms with van der Waals surface area (Å²) in [6.07, 6.45) is 0. The molecule has 0 spiro atoms. The number of piperazine rings is 1. The van der Waals surface area contributed by atoms with Gasteiger partial charge >= 0.3 is 0 Å². The average Bonchev–Trinajstić information content (AvgIpc) is 2.17. The molecule has 0 bridgehead atoms. The third-order valence-corrected chi connectivity index (χ3v) is 2.95. The minimum Gasteiger partial charge on any atom is -0.399 e. The minimum atomic E-state index is 0.865. The molecule has 3 N–H and O–H groups in total. The lowest BCUT2D eigenvalue weighted by atomic mass is 10.1. The van der Waals surface area contributed by atoms with Crippen LogP contribution in [-0.4, -0.2) is 26.2 Å². The maximum atomic E-state index is 5.83. The van der Waals surface area contributed by atoms with Crippen LogP contribution in [-0.2, 0) is 0 Å². The van der Waals surface area contributed by atoms with Crippen molar-refractivity contribution in [3.05, 3.63) is 23.3 Å². The van der Waals surface area contributed by atoms with Gasteiger partial charge in [-0.15, -0.1) is 0 Å². The Labute approximate surface area is 91.3 Å². The first-order chi connectivity index (χ1) is 7.18. The van der Waals surface area contributed by atoms with Crippen LogP contribution in [0.5, 0.6) is 0 Å². The van der Waals surface area contributed by atoms with Gasteiger partial charge in [-0.2, -0.15) is 0 Å². The minimum absolute atomic E-state index is 0.865. The molecule has 15 heavy (non-hydrogen) atoms. The highest BCUT2D eigenvalue weighted by atomic mass is 15.2. The van der Waals surface area contributed by atoms with Crippen LogP contribution < -0.4 is 16.0 Å². The van der Waals surface area contributed by atoms with E-state index >= 15 is 0 Å². The number of nitrogens with one attached hydrogen (secondary N) is 1. The molecule has 0 aliphatic carbocycles. The van der Waals surface area contributed by atoms with Crippen molar-refractivity contribution in [1.29, 1.82) is 0 Å². The SMILES string of the molecule is Cc1cc(N)cc(C)c1N1CCNCC1. The fourth-order valence-electron chi connectivity index (χ4n) is 2.38. The van der Waals surface area contributed by atoms with Crippen LogP contribution in [0.15, 0.2) is 12.1 Å². The zero-order valence-corrected chi connectivity index (χ0v) is 9.51. The van der Waals surface area contributed by atoms with Gasteiger partial charge < -0.3 is 16.0 Å². The van der Waals surface area contributed by atoms with Gasteiger partial charge in [0.25, 0.3) is 0 Å². The molecular formula is C12H19N3. The first-order valence-corrected chi connectivity index (χ1v) is 5.51. The molecule has 82 valence electrons. The van der Waals surface area contributed by atoms with Crippen molar-refractivity contribution in [2.75, 3.05) is 36.8 Å². The lowest BCUT2D eigenvalue weighted by molar-refractivity contribution is 0.587. The molecule has 3 nitrogen and oxygen atoms in total. The summed E-state index contributed by atoms with van der Waals surface area (Å²) in [4.78, 5) is 2.45. The zero-order chi connectivity index (χ0) is 10.8. The van der Waals surface area contributed by atoms with Crippen molar-refractivity contribution in [3.8, 4) is 0 Å². The molecule has 1 saturated heterocycles. The van der Waals surface area contributed by atoms with Gasteiger partial charge in [0.2, 0.25) is 0 Å². The molecule has 1 fully saturated rings. The van der Waals surface area contributed by atoms with Gasteiger partial charge in [-0.1, -0.05) is 0 Å². The molecule has 3 heteroatoms. The number of hydrogen-bond donors (Lipinski definition) is 2. The topological polar surface area (TPSA) is 41.3 Å². The predicted molar refractivity (Wildman–Crippen MR) is 65.4 cm³/mol. The van der Waals surface area contributed by atoms with Gasteiger partial charge in [0.05, 0.1) is 0 Å². The fourth-order valence-corrected chi connectivity index (χ4v) is 2.38. The molecule has 0 aromatic heterocycles. The molecule has 0 atom stereocenters. The van der Waals surface area contributed by atoms with E-state index in [0.29, 0.717) is 0 Å². The standard InChI is InChI=1S/C12H19N3/c1-9-7-11(13)8-10(2)12(9)15-5-3-14-4-6-15/h7-8,14H,3-6,13H2,1-2H3. The molecule has 0 radical (unpaired) electrons. The van der Waals surface area contributed by atoms with E-state index in [1.165, 1.54) is 16.8 Å². The van der Waals surface area contributed by atoms with Crippen LogP contribution in [0.2, 0.25) is 0 Å². The van der Waals surface area contributed by atoms with Crippen molar-refractivity contribution in [2.24, 2.45) is 0 Å². The van der Waals surface area contributed by atoms with Gasteiger partial charge in [0.15, 0.2) is 0 Å². The van der Waals surface area contributed by atoms with E-state index in [0.717, 1.165) is 31.9 Å². The monoisotopic (exact) mass is 205 g/mol. The van der Waals surface area contributed by atoms with Crippen molar-refractivity contribution < 1.29 is 0 Å². The number of nitrogens with two attached hydrogens (primary N) is 1. The normalized spacial score (nSPS) is 16.8. The number of nitrogen functional groups attached to an aromatic ring is 1. The largest absolute Gasteiger partial charge is 0.399 e. The molecule has 2 rings (SSSR count). The molecular weight excluding hydrogens is 186 g/mol. The quantitative estimate of drug-likeness (QED) is 0.679. The lowest BCUT2D eigenvalue weighted by Gasteiger charge is -2.32. The summed E-state index contributed by atoms with van der Waals surface area (Å²) in [5, 5.41) is 3.37. The highest BCUT2D eigenvalue weighted by molar-refractivity contribution is 5.64. The Morgan fingerprint density at radius 1 is 1.13 bits per heavy atom. The summed E-state index contributed by atoms with van der Waals surface area (Å²) < 4.78 is 0. The van der Waals surface area contributed by atoms with Crippen molar-refractivity contribution in [2.45, 2.75) is 13.8 Å². The van der Waals surface area contributed by atoms with E-state index in [9.17, 15) is 0 Å². The Balaban J connectivity index is 2.33. The average molecular weight is 205 g/mol. The molecule has 0 saturated carbocycles. The summed E-state index contributed by atoms with van der Waals surface area (Å²) in [7, 11) is 0. The number of benzene rings is 1. The summed E-state index contributed by atoms with van der Waals surface area (Å²) >= 11 is 0. The van der Waals surface area contributed by atoms with E-state index in [2.05, 4.69) is 36.2 Å². The summed E-state index contributed by atoms with van der Waals surface area (Å²) in [6.45, 7) is 8.60. The van der Waals surface area contributed by atoms with E-state index in [-0.39, 0.29) is 0 Å². The summed E-state index contributed by atoms with van der Waals surface area (Å²) in [5.74, 6) is 0. The molecule has 1 heterocycles.